The number of morpholine rings is 1. The zero-order valence-corrected chi connectivity index (χ0v) is 12.1. The number of ether oxygens (including phenoxy) is 1. The van der Waals surface area contributed by atoms with Gasteiger partial charge in [0.05, 0.1) is 31.0 Å². The molecule has 7 heteroatoms. The van der Waals surface area contributed by atoms with E-state index >= 15 is 0 Å². The summed E-state index contributed by atoms with van der Waals surface area (Å²) in [6.07, 6.45) is 4.83. The van der Waals surface area contributed by atoms with Crippen LogP contribution >= 0.6 is 0 Å². The van der Waals surface area contributed by atoms with Crippen LogP contribution in [0.15, 0.2) is 36.8 Å². The molecule has 1 aliphatic heterocycles. The second-order valence-corrected chi connectivity index (χ2v) is 4.87. The molecule has 1 amide bonds. The zero-order chi connectivity index (χ0) is 15.2. The Hall–Kier alpha value is -2.54. The molecule has 1 N–H and O–H groups in total. The number of carbonyl (C=O) groups excluding carboxylic acids is 1. The third-order valence-electron chi connectivity index (χ3n) is 3.35. The molecule has 0 bridgehead atoms. The van der Waals surface area contributed by atoms with E-state index in [-0.39, 0.29) is 5.91 Å². The summed E-state index contributed by atoms with van der Waals surface area (Å²) in [6.45, 7) is 2.92. The first-order valence-corrected chi connectivity index (χ1v) is 7.16. The minimum Gasteiger partial charge on any atom is -0.378 e. The molecule has 3 rings (SSSR count). The third-order valence-corrected chi connectivity index (χ3v) is 3.35. The van der Waals surface area contributed by atoms with E-state index < -0.39 is 0 Å². The van der Waals surface area contributed by atoms with E-state index in [4.69, 9.17) is 4.74 Å². The van der Waals surface area contributed by atoms with Gasteiger partial charge in [-0.05, 0) is 12.1 Å². The molecule has 22 heavy (non-hydrogen) atoms. The van der Waals surface area contributed by atoms with Crippen molar-refractivity contribution in [1.29, 1.82) is 0 Å². The third kappa shape index (κ3) is 3.56. The van der Waals surface area contributed by atoms with Crippen molar-refractivity contribution in [2.75, 3.05) is 31.6 Å². The average Bonchev–Trinajstić information content (AvgIpc) is 2.61. The molecule has 3 heterocycles. The minimum absolute atomic E-state index is 0.0559. The van der Waals surface area contributed by atoms with Crippen LogP contribution in [0, 0.1) is 0 Å². The fourth-order valence-corrected chi connectivity index (χ4v) is 2.15. The summed E-state index contributed by atoms with van der Waals surface area (Å²) in [7, 11) is 0. The van der Waals surface area contributed by atoms with E-state index in [1.54, 1.807) is 23.5 Å². The Labute approximate surface area is 128 Å². The van der Waals surface area contributed by atoms with Crippen LogP contribution in [0.1, 0.15) is 16.1 Å². The highest BCUT2D eigenvalue weighted by molar-refractivity contribution is 5.93. The first-order chi connectivity index (χ1) is 10.8. The van der Waals surface area contributed by atoms with E-state index in [0.717, 1.165) is 5.69 Å². The summed E-state index contributed by atoms with van der Waals surface area (Å²) in [5.41, 5.74) is 1.39. The number of rotatable bonds is 4. The molecule has 114 valence electrons. The van der Waals surface area contributed by atoms with Gasteiger partial charge in [-0.25, -0.2) is 9.97 Å². The van der Waals surface area contributed by atoms with Crippen LogP contribution in [0.4, 0.5) is 5.95 Å². The molecule has 2 aromatic rings. The van der Waals surface area contributed by atoms with Gasteiger partial charge in [-0.2, -0.15) is 0 Å². The molecular weight excluding hydrogens is 282 g/mol. The standard InChI is InChI=1S/C15H17N5O2/c21-14(20-5-7-22-8-6-20)12-9-17-15(18-10-12)19-11-13-3-1-2-4-16-13/h1-4,9-10H,5-8,11H2,(H,17,18,19). The van der Waals surface area contributed by atoms with Crippen molar-refractivity contribution in [2.45, 2.75) is 6.54 Å². The van der Waals surface area contributed by atoms with Gasteiger partial charge in [0.1, 0.15) is 0 Å². The van der Waals surface area contributed by atoms with Crippen LogP contribution in [0.2, 0.25) is 0 Å². The first kappa shape index (κ1) is 14.4. The molecule has 0 radical (unpaired) electrons. The molecular formula is C15H17N5O2. The van der Waals surface area contributed by atoms with Crippen LogP contribution in [0.25, 0.3) is 0 Å². The highest BCUT2D eigenvalue weighted by Crippen LogP contribution is 2.07. The topological polar surface area (TPSA) is 80.2 Å². The van der Waals surface area contributed by atoms with Crippen LogP contribution in [0.5, 0.6) is 0 Å². The van der Waals surface area contributed by atoms with Gasteiger partial charge in [0, 0.05) is 31.7 Å². The number of pyridine rings is 1. The lowest BCUT2D eigenvalue weighted by molar-refractivity contribution is 0.0302. The highest BCUT2D eigenvalue weighted by atomic mass is 16.5. The molecule has 0 atom stereocenters. The van der Waals surface area contributed by atoms with Crippen molar-refractivity contribution in [2.24, 2.45) is 0 Å². The fraction of sp³-hybridized carbons (Fsp3) is 0.333. The molecule has 2 aromatic heterocycles. The molecule has 0 saturated carbocycles. The smallest absolute Gasteiger partial charge is 0.257 e. The van der Waals surface area contributed by atoms with Gasteiger partial charge in [0.25, 0.3) is 5.91 Å². The number of amides is 1. The molecule has 1 aliphatic rings. The Balaban J connectivity index is 1.59. The molecule has 1 fully saturated rings. The Morgan fingerprint density at radius 3 is 2.64 bits per heavy atom. The van der Waals surface area contributed by atoms with E-state index in [9.17, 15) is 4.79 Å². The quantitative estimate of drug-likeness (QED) is 0.905. The maximum atomic E-state index is 12.3. The monoisotopic (exact) mass is 299 g/mol. The average molecular weight is 299 g/mol. The summed E-state index contributed by atoms with van der Waals surface area (Å²) in [5, 5.41) is 3.08. The molecule has 0 spiro atoms. The van der Waals surface area contributed by atoms with Crippen molar-refractivity contribution >= 4 is 11.9 Å². The second kappa shape index (κ2) is 6.95. The minimum atomic E-state index is -0.0559. The summed E-state index contributed by atoms with van der Waals surface area (Å²) < 4.78 is 5.24. The molecule has 1 saturated heterocycles. The highest BCUT2D eigenvalue weighted by Gasteiger charge is 2.19. The summed E-state index contributed by atoms with van der Waals surface area (Å²) in [4.78, 5) is 26.6. The Bertz CT molecular complexity index is 612. The normalized spacial score (nSPS) is 14.6. The molecule has 0 aromatic carbocycles. The predicted octanol–water partition coefficient (Wildman–Crippen LogP) is 0.956. The second-order valence-electron chi connectivity index (χ2n) is 4.87. The SMILES string of the molecule is O=C(c1cnc(NCc2ccccn2)nc1)N1CCOCC1. The molecule has 0 unspecified atom stereocenters. The van der Waals surface area contributed by atoms with Crippen molar-refractivity contribution in [3.8, 4) is 0 Å². The Kier molecular flexibility index (Phi) is 4.55. The van der Waals surface area contributed by atoms with Gasteiger partial charge in [0.15, 0.2) is 0 Å². The van der Waals surface area contributed by atoms with Crippen molar-refractivity contribution in [3.63, 3.8) is 0 Å². The Morgan fingerprint density at radius 1 is 1.18 bits per heavy atom. The van der Waals surface area contributed by atoms with Gasteiger partial charge < -0.3 is 15.0 Å². The van der Waals surface area contributed by atoms with Crippen LogP contribution in [0.3, 0.4) is 0 Å². The molecule has 0 aliphatic carbocycles. The van der Waals surface area contributed by atoms with E-state index in [1.807, 2.05) is 18.2 Å². The van der Waals surface area contributed by atoms with Crippen LogP contribution < -0.4 is 5.32 Å². The van der Waals surface area contributed by atoms with Crippen LogP contribution in [-0.4, -0.2) is 52.1 Å². The van der Waals surface area contributed by atoms with Gasteiger partial charge in [-0.15, -0.1) is 0 Å². The summed E-state index contributed by atoms with van der Waals surface area (Å²) in [5.74, 6) is 0.420. The number of aromatic nitrogens is 3. The maximum absolute atomic E-state index is 12.3. The van der Waals surface area contributed by atoms with E-state index in [0.29, 0.717) is 44.4 Å². The van der Waals surface area contributed by atoms with Gasteiger partial charge in [-0.1, -0.05) is 6.07 Å². The van der Waals surface area contributed by atoms with Crippen molar-refractivity contribution in [1.82, 2.24) is 19.9 Å². The summed E-state index contributed by atoms with van der Waals surface area (Å²) >= 11 is 0. The Morgan fingerprint density at radius 2 is 1.95 bits per heavy atom. The fourth-order valence-electron chi connectivity index (χ4n) is 2.15. The first-order valence-electron chi connectivity index (χ1n) is 7.16. The number of hydrogen-bond acceptors (Lipinski definition) is 6. The predicted molar refractivity (Wildman–Crippen MR) is 80.3 cm³/mol. The van der Waals surface area contributed by atoms with E-state index in [2.05, 4.69) is 20.3 Å². The molecule has 7 nitrogen and oxygen atoms in total. The van der Waals surface area contributed by atoms with E-state index in [1.165, 1.54) is 0 Å². The van der Waals surface area contributed by atoms with Crippen LogP contribution in [-0.2, 0) is 11.3 Å². The summed E-state index contributed by atoms with van der Waals surface area (Å²) in [6, 6.07) is 5.71. The number of carbonyl (C=O) groups is 1. The lowest BCUT2D eigenvalue weighted by Gasteiger charge is -2.26. The van der Waals surface area contributed by atoms with Crippen molar-refractivity contribution < 1.29 is 9.53 Å². The lowest BCUT2D eigenvalue weighted by Crippen LogP contribution is -2.40. The lowest BCUT2D eigenvalue weighted by atomic mass is 10.3. The zero-order valence-electron chi connectivity index (χ0n) is 12.1. The van der Waals surface area contributed by atoms with Gasteiger partial charge in [-0.3, -0.25) is 9.78 Å². The largest absolute Gasteiger partial charge is 0.378 e. The number of nitrogens with zero attached hydrogens (tertiary/aromatic N) is 4. The maximum Gasteiger partial charge on any atom is 0.257 e. The van der Waals surface area contributed by atoms with Crippen molar-refractivity contribution in [3.05, 3.63) is 48.0 Å². The van der Waals surface area contributed by atoms with Gasteiger partial charge >= 0.3 is 0 Å². The number of hydrogen-bond donors (Lipinski definition) is 1. The van der Waals surface area contributed by atoms with Gasteiger partial charge in [0.2, 0.25) is 5.95 Å². The number of anilines is 1. The number of nitrogens with one attached hydrogen (secondary N) is 1.